The van der Waals surface area contributed by atoms with Crippen molar-refractivity contribution in [2.24, 2.45) is 17.8 Å². The highest BCUT2D eigenvalue weighted by Gasteiger charge is 2.11. The molecule has 2 unspecified atom stereocenters. The van der Waals surface area contributed by atoms with Crippen molar-refractivity contribution >= 4 is 0 Å². The van der Waals surface area contributed by atoms with Crippen LogP contribution in [0.25, 0.3) is 0 Å². The van der Waals surface area contributed by atoms with Gasteiger partial charge in [0.2, 0.25) is 0 Å². The summed E-state index contributed by atoms with van der Waals surface area (Å²) in [5.41, 5.74) is 3.15. The van der Waals surface area contributed by atoms with Gasteiger partial charge in [-0.2, -0.15) is 0 Å². The fraction of sp³-hybridized carbons (Fsp3) is 0.765. The highest BCUT2D eigenvalue weighted by Crippen LogP contribution is 2.28. The first-order chi connectivity index (χ1) is 16.2. The van der Waals surface area contributed by atoms with Crippen molar-refractivity contribution in [2.75, 3.05) is 0 Å². The molecule has 0 N–H and O–H groups in total. The maximum absolute atomic E-state index is 4.00. The molecule has 0 aromatic heterocycles. The third kappa shape index (κ3) is 44.5. The van der Waals surface area contributed by atoms with Crippen molar-refractivity contribution in [1.82, 2.24) is 0 Å². The minimum absolute atomic E-state index is 0.848. The van der Waals surface area contributed by atoms with Crippen molar-refractivity contribution in [1.29, 1.82) is 0 Å². The second kappa shape index (κ2) is 39.0. The van der Waals surface area contributed by atoms with E-state index in [1.165, 1.54) is 69.8 Å². The molecule has 0 spiro atoms. The molecule has 0 fully saturated rings. The molecular formula is C34H68. The van der Waals surface area contributed by atoms with E-state index in [0.717, 1.165) is 24.2 Å². The van der Waals surface area contributed by atoms with Crippen LogP contribution in [0.4, 0.5) is 0 Å². The second-order valence-corrected chi connectivity index (χ2v) is 9.62. The van der Waals surface area contributed by atoms with Crippen LogP contribution >= 0.6 is 0 Å². The molecule has 0 aliphatic heterocycles. The van der Waals surface area contributed by atoms with Crippen LogP contribution in [0, 0.1) is 30.6 Å². The molecule has 0 amide bonds. The van der Waals surface area contributed by atoms with Gasteiger partial charge in [0.05, 0.1) is 0 Å². The van der Waals surface area contributed by atoms with Crippen LogP contribution in [0.15, 0.2) is 36.0 Å². The Morgan fingerprint density at radius 2 is 1.38 bits per heavy atom. The first-order valence-electron chi connectivity index (χ1n) is 14.5. The summed E-state index contributed by atoms with van der Waals surface area (Å²) in [6, 6.07) is 0. The van der Waals surface area contributed by atoms with Gasteiger partial charge in [0, 0.05) is 0 Å². The molecule has 0 saturated heterocycles. The molecule has 0 heterocycles. The fourth-order valence-corrected chi connectivity index (χ4v) is 2.57. The van der Waals surface area contributed by atoms with Gasteiger partial charge in [-0.1, -0.05) is 150 Å². The smallest absolute Gasteiger partial charge is 0.0136 e. The maximum Gasteiger partial charge on any atom is -0.0136 e. The molecule has 34 heavy (non-hydrogen) atoms. The summed E-state index contributed by atoms with van der Waals surface area (Å²) >= 11 is 0. The average Bonchev–Trinajstić information content (AvgIpc) is 2.84. The molecular weight excluding hydrogens is 408 g/mol. The van der Waals surface area contributed by atoms with E-state index in [-0.39, 0.29) is 0 Å². The normalized spacial score (nSPS) is 14.3. The molecule has 0 aromatic carbocycles. The minimum Gasteiger partial charge on any atom is -0.124 e. The summed E-state index contributed by atoms with van der Waals surface area (Å²) in [5, 5.41) is 0. The third-order valence-corrected chi connectivity index (χ3v) is 5.74. The van der Waals surface area contributed by atoms with Crippen LogP contribution in [-0.2, 0) is 0 Å². The van der Waals surface area contributed by atoms with Crippen LogP contribution in [0.2, 0.25) is 0 Å². The molecule has 0 radical (unpaired) electrons. The molecule has 0 saturated carbocycles. The number of allylic oxidation sites excluding steroid dienone is 5. The van der Waals surface area contributed by atoms with Gasteiger partial charge in [0.15, 0.2) is 0 Å². The van der Waals surface area contributed by atoms with Crippen molar-refractivity contribution in [3.63, 3.8) is 0 Å². The van der Waals surface area contributed by atoms with Crippen molar-refractivity contribution in [3.8, 4) is 12.8 Å². The largest absolute Gasteiger partial charge is 0.124 e. The SMILES string of the molecule is C#C.C=CCCC.CC/C(C)=C/CC1=CC(C)C1.CCC.CCC(C)CC.CCCC(C)CC. The van der Waals surface area contributed by atoms with E-state index in [0.29, 0.717) is 0 Å². The Morgan fingerprint density at radius 1 is 0.941 bits per heavy atom. The first kappa shape index (κ1) is 42.9. The van der Waals surface area contributed by atoms with E-state index in [9.17, 15) is 0 Å². The predicted molar refractivity (Wildman–Crippen MR) is 166 cm³/mol. The van der Waals surface area contributed by atoms with E-state index in [1.54, 1.807) is 5.57 Å². The van der Waals surface area contributed by atoms with Crippen molar-refractivity contribution < 1.29 is 0 Å². The molecule has 204 valence electrons. The van der Waals surface area contributed by atoms with Crippen molar-refractivity contribution in [2.45, 2.75) is 154 Å². The van der Waals surface area contributed by atoms with Crippen LogP contribution in [0.1, 0.15) is 154 Å². The van der Waals surface area contributed by atoms with Gasteiger partial charge in [0.25, 0.3) is 0 Å². The molecule has 0 heteroatoms. The second-order valence-electron chi connectivity index (χ2n) is 9.62. The minimum atomic E-state index is 0.848. The molecule has 1 aliphatic carbocycles. The van der Waals surface area contributed by atoms with Gasteiger partial charge in [-0.15, -0.1) is 19.4 Å². The monoisotopic (exact) mass is 477 g/mol. The fourth-order valence-electron chi connectivity index (χ4n) is 2.57. The molecule has 1 aliphatic rings. The van der Waals surface area contributed by atoms with Crippen LogP contribution < -0.4 is 0 Å². The number of hydrogen-bond donors (Lipinski definition) is 0. The Hall–Kier alpha value is -1.22. The van der Waals surface area contributed by atoms with Crippen LogP contribution in [-0.4, -0.2) is 0 Å². The number of hydrogen-bond acceptors (Lipinski definition) is 0. The highest BCUT2D eigenvalue weighted by atomic mass is 14.2. The van der Waals surface area contributed by atoms with E-state index in [4.69, 9.17) is 0 Å². The lowest BCUT2D eigenvalue weighted by Gasteiger charge is -2.20. The molecule has 0 aromatic rings. The Labute approximate surface area is 220 Å². The average molecular weight is 477 g/mol. The quantitative estimate of drug-likeness (QED) is 0.217. The van der Waals surface area contributed by atoms with Gasteiger partial charge < -0.3 is 0 Å². The first-order valence-corrected chi connectivity index (χ1v) is 14.5. The van der Waals surface area contributed by atoms with Gasteiger partial charge in [-0.25, -0.2) is 0 Å². The molecule has 0 nitrogen and oxygen atoms in total. The summed E-state index contributed by atoms with van der Waals surface area (Å²) in [4.78, 5) is 0. The summed E-state index contributed by atoms with van der Waals surface area (Å²) < 4.78 is 0. The predicted octanol–water partition coefficient (Wildman–Crippen LogP) is 12.6. The van der Waals surface area contributed by atoms with Gasteiger partial charge in [-0.3, -0.25) is 0 Å². The zero-order valence-electron chi connectivity index (χ0n) is 26.1. The van der Waals surface area contributed by atoms with Crippen LogP contribution in [0.5, 0.6) is 0 Å². The highest BCUT2D eigenvalue weighted by molar-refractivity contribution is 5.20. The molecule has 0 bridgehead atoms. The Kier molecular flexibility index (Phi) is 49.2. The third-order valence-electron chi connectivity index (χ3n) is 5.74. The lowest BCUT2D eigenvalue weighted by atomic mass is 9.86. The lowest BCUT2D eigenvalue weighted by Crippen LogP contribution is -2.04. The summed E-state index contributed by atoms with van der Waals surface area (Å²) in [7, 11) is 0. The van der Waals surface area contributed by atoms with Gasteiger partial charge in [-0.05, 0) is 50.4 Å². The summed E-state index contributed by atoms with van der Waals surface area (Å²) in [6.45, 7) is 30.2. The van der Waals surface area contributed by atoms with E-state index in [2.05, 4.69) is 115 Å². The standard InChI is InChI=1S/C11H18.C7H16.C6H14.C5H10.C3H8.C2H2/c1-4-9(2)5-6-11-7-10(3)8-11;1-4-6-7(3)5-2;1-4-6(3)5-2;1-3-5-4-2;1-3-2;1-2/h5,7,10H,4,6,8H2,1-3H3;7H,4-6H2,1-3H3;6H,4-5H2,1-3H3;3H,1,4-5H2,2H3;3H2,1-2H3;1-2H/b9-5+;;;;;. The Morgan fingerprint density at radius 3 is 1.56 bits per heavy atom. The van der Waals surface area contributed by atoms with Crippen molar-refractivity contribution in [3.05, 3.63) is 36.0 Å². The maximum atomic E-state index is 4.00. The van der Waals surface area contributed by atoms with Gasteiger partial charge in [0.1, 0.15) is 0 Å². The zero-order valence-corrected chi connectivity index (χ0v) is 26.1. The number of rotatable bonds is 10. The van der Waals surface area contributed by atoms with E-state index < -0.39 is 0 Å². The topological polar surface area (TPSA) is 0 Å². The molecule has 2 atom stereocenters. The summed E-state index contributed by atoms with van der Waals surface area (Å²) in [5.74, 6) is 2.73. The van der Waals surface area contributed by atoms with E-state index >= 15 is 0 Å². The number of unbranched alkanes of at least 4 members (excludes halogenated alkanes) is 1. The van der Waals surface area contributed by atoms with Gasteiger partial charge >= 0.3 is 0 Å². The lowest BCUT2D eigenvalue weighted by molar-refractivity contribution is 0.509. The summed E-state index contributed by atoms with van der Waals surface area (Å²) in [6.07, 6.45) is 28.8. The zero-order chi connectivity index (χ0) is 27.8. The Balaban J connectivity index is -0.000000108. The van der Waals surface area contributed by atoms with Crippen LogP contribution in [0.3, 0.4) is 0 Å². The number of terminal acetylenes is 1. The van der Waals surface area contributed by atoms with E-state index in [1.807, 2.05) is 6.08 Å². The molecule has 1 rings (SSSR count). The Bertz CT molecular complexity index is 430.